The summed E-state index contributed by atoms with van der Waals surface area (Å²) in [5, 5.41) is 8.77. The van der Waals surface area contributed by atoms with Crippen LogP contribution in [0.2, 0.25) is 0 Å². The highest BCUT2D eigenvalue weighted by atomic mass is 16.4. The predicted molar refractivity (Wildman–Crippen MR) is 66.8 cm³/mol. The summed E-state index contributed by atoms with van der Waals surface area (Å²) in [7, 11) is 0. The number of rotatable bonds is 7. The van der Waals surface area contributed by atoms with Crippen molar-refractivity contribution in [1.29, 1.82) is 0 Å². The molecule has 0 heterocycles. The minimum absolute atomic E-state index is 0.120. The summed E-state index contributed by atoms with van der Waals surface area (Å²) < 4.78 is 0. The van der Waals surface area contributed by atoms with Gasteiger partial charge in [0.05, 0.1) is 6.42 Å². The lowest BCUT2D eigenvalue weighted by molar-refractivity contribution is -0.139. The average Bonchev–Trinajstić information content (AvgIpc) is 2.57. The van der Waals surface area contributed by atoms with E-state index in [-0.39, 0.29) is 11.8 Å². The molecule has 1 unspecified atom stereocenters. The highest BCUT2D eigenvalue weighted by Gasteiger charge is 2.25. The molecule has 1 rings (SSSR count). The van der Waals surface area contributed by atoms with Crippen LogP contribution < -0.4 is 0 Å². The molecule has 0 aromatic heterocycles. The Morgan fingerprint density at radius 1 is 1.41 bits per heavy atom. The van der Waals surface area contributed by atoms with E-state index in [0.29, 0.717) is 11.7 Å². The topological polar surface area (TPSA) is 54.4 Å². The van der Waals surface area contributed by atoms with Crippen LogP contribution in [0.25, 0.3) is 0 Å². The summed E-state index contributed by atoms with van der Waals surface area (Å²) in [4.78, 5) is 22.1. The first-order valence-corrected chi connectivity index (χ1v) is 6.65. The lowest BCUT2D eigenvalue weighted by atomic mass is 9.83. The van der Waals surface area contributed by atoms with Gasteiger partial charge in [0.1, 0.15) is 5.78 Å². The van der Waals surface area contributed by atoms with Gasteiger partial charge in [0.25, 0.3) is 0 Å². The molecular formula is C14H24O3. The SMILES string of the molecule is CC(C)(CCCCC1CCCC1=O)CC(=O)O. The zero-order chi connectivity index (χ0) is 12.9. The minimum atomic E-state index is -0.721. The molecule has 17 heavy (non-hydrogen) atoms. The number of unbranched alkanes of at least 4 members (excludes halogenated alkanes) is 1. The second-order valence-corrected chi connectivity index (χ2v) is 6.04. The van der Waals surface area contributed by atoms with Crippen LogP contribution in [-0.4, -0.2) is 16.9 Å². The third-order valence-electron chi connectivity index (χ3n) is 3.72. The van der Waals surface area contributed by atoms with Gasteiger partial charge in [-0.25, -0.2) is 0 Å². The van der Waals surface area contributed by atoms with E-state index in [4.69, 9.17) is 5.11 Å². The first-order chi connectivity index (χ1) is 7.91. The highest BCUT2D eigenvalue weighted by Crippen LogP contribution is 2.30. The van der Waals surface area contributed by atoms with Gasteiger partial charge in [0.15, 0.2) is 0 Å². The summed E-state index contributed by atoms with van der Waals surface area (Å²) in [6, 6.07) is 0. The fraction of sp³-hybridized carbons (Fsp3) is 0.857. The number of carboxylic acids is 1. The van der Waals surface area contributed by atoms with Crippen molar-refractivity contribution < 1.29 is 14.7 Å². The lowest BCUT2D eigenvalue weighted by Crippen LogP contribution is -2.16. The highest BCUT2D eigenvalue weighted by molar-refractivity contribution is 5.82. The van der Waals surface area contributed by atoms with Crippen molar-refractivity contribution in [3.8, 4) is 0 Å². The Hall–Kier alpha value is -0.860. The smallest absolute Gasteiger partial charge is 0.303 e. The number of hydrogen-bond donors (Lipinski definition) is 1. The van der Waals surface area contributed by atoms with Gasteiger partial charge in [0, 0.05) is 12.3 Å². The van der Waals surface area contributed by atoms with Crippen molar-refractivity contribution in [2.75, 3.05) is 0 Å². The van der Waals surface area contributed by atoms with Gasteiger partial charge >= 0.3 is 5.97 Å². The van der Waals surface area contributed by atoms with Crippen molar-refractivity contribution in [3.63, 3.8) is 0 Å². The van der Waals surface area contributed by atoms with Crippen LogP contribution in [0.15, 0.2) is 0 Å². The van der Waals surface area contributed by atoms with Crippen LogP contribution in [0.1, 0.15) is 65.2 Å². The van der Waals surface area contributed by atoms with E-state index in [0.717, 1.165) is 44.9 Å². The molecule has 0 spiro atoms. The zero-order valence-electron chi connectivity index (χ0n) is 11.0. The maximum Gasteiger partial charge on any atom is 0.303 e. The van der Waals surface area contributed by atoms with Crippen LogP contribution in [-0.2, 0) is 9.59 Å². The molecule has 1 atom stereocenters. The Morgan fingerprint density at radius 3 is 2.65 bits per heavy atom. The van der Waals surface area contributed by atoms with Gasteiger partial charge in [-0.05, 0) is 31.1 Å². The van der Waals surface area contributed by atoms with Crippen molar-refractivity contribution in [3.05, 3.63) is 0 Å². The van der Waals surface area contributed by atoms with Crippen LogP contribution in [0, 0.1) is 11.3 Å². The largest absolute Gasteiger partial charge is 0.481 e. The number of carboxylic acid groups (broad SMARTS) is 1. The van der Waals surface area contributed by atoms with E-state index >= 15 is 0 Å². The van der Waals surface area contributed by atoms with E-state index in [1.165, 1.54) is 0 Å². The zero-order valence-corrected chi connectivity index (χ0v) is 11.0. The molecule has 0 bridgehead atoms. The van der Waals surface area contributed by atoms with E-state index in [1.807, 2.05) is 13.8 Å². The summed E-state index contributed by atoms with van der Waals surface area (Å²) in [6.07, 6.45) is 7.15. The summed E-state index contributed by atoms with van der Waals surface area (Å²) in [5.41, 5.74) is -0.120. The number of hydrogen-bond acceptors (Lipinski definition) is 2. The Morgan fingerprint density at radius 2 is 2.12 bits per heavy atom. The van der Waals surface area contributed by atoms with E-state index < -0.39 is 5.97 Å². The summed E-state index contributed by atoms with van der Waals surface area (Å²) in [5.74, 6) is 0.0216. The number of carbonyl (C=O) groups is 2. The van der Waals surface area contributed by atoms with Crippen molar-refractivity contribution in [2.45, 2.75) is 65.2 Å². The normalized spacial score (nSPS) is 20.8. The Labute approximate surface area is 104 Å². The first kappa shape index (κ1) is 14.2. The Bertz CT molecular complexity index is 281. The lowest BCUT2D eigenvalue weighted by Gasteiger charge is -2.22. The number of ketones is 1. The molecular weight excluding hydrogens is 216 g/mol. The molecule has 1 saturated carbocycles. The second kappa shape index (κ2) is 6.18. The molecule has 1 fully saturated rings. The quantitative estimate of drug-likeness (QED) is 0.694. The van der Waals surface area contributed by atoms with Gasteiger partial charge < -0.3 is 5.11 Å². The predicted octanol–water partition coefficient (Wildman–Crippen LogP) is 3.42. The maximum atomic E-state index is 11.4. The molecule has 0 radical (unpaired) electrons. The fourth-order valence-corrected chi connectivity index (χ4v) is 2.69. The molecule has 0 amide bonds. The molecule has 1 aliphatic rings. The Kier molecular flexibility index (Phi) is 5.16. The molecule has 0 aromatic rings. The van der Waals surface area contributed by atoms with Crippen LogP contribution in [0.4, 0.5) is 0 Å². The molecule has 98 valence electrons. The minimum Gasteiger partial charge on any atom is -0.481 e. The first-order valence-electron chi connectivity index (χ1n) is 6.65. The van der Waals surface area contributed by atoms with Gasteiger partial charge in [-0.3, -0.25) is 9.59 Å². The molecule has 1 N–H and O–H groups in total. The molecule has 0 saturated heterocycles. The molecule has 3 heteroatoms. The Balaban J connectivity index is 2.15. The third-order valence-corrected chi connectivity index (χ3v) is 3.72. The van der Waals surface area contributed by atoms with E-state index in [1.54, 1.807) is 0 Å². The van der Waals surface area contributed by atoms with Gasteiger partial charge in [-0.2, -0.15) is 0 Å². The van der Waals surface area contributed by atoms with Crippen LogP contribution in [0.5, 0.6) is 0 Å². The van der Waals surface area contributed by atoms with E-state index in [9.17, 15) is 9.59 Å². The number of carbonyl (C=O) groups excluding carboxylic acids is 1. The monoisotopic (exact) mass is 240 g/mol. The number of Topliss-reactive ketones (excluding diaryl/α,β-unsaturated/α-hetero) is 1. The standard InChI is InChI=1S/C14H24O3/c1-14(2,10-13(16)17)9-4-3-6-11-7-5-8-12(11)15/h11H,3-10H2,1-2H3,(H,16,17). The second-order valence-electron chi connectivity index (χ2n) is 6.04. The molecule has 1 aliphatic carbocycles. The third kappa shape index (κ3) is 5.33. The number of aliphatic carboxylic acids is 1. The van der Waals surface area contributed by atoms with Gasteiger partial charge in [-0.15, -0.1) is 0 Å². The van der Waals surface area contributed by atoms with Crippen molar-refractivity contribution in [2.24, 2.45) is 11.3 Å². The van der Waals surface area contributed by atoms with Crippen LogP contribution >= 0.6 is 0 Å². The van der Waals surface area contributed by atoms with E-state index in [2.05, 4.69) is 0 Å². The molecule has 0 aromatic carbocycles. The fourth-order valence-electron chi connectivity index (χ4n) is 2.69. The van der Waals surface area contributed by atoms with Crippen molar-refractivity contribution in [1.82, 2.24) is 0 Å². The van der Waals surface area contributed by atoms with Crippen molar-refractivity contribution >= 4 is 11.8 Å². The molecule has 0 aliphatic heterocycles. The van der Waals surface area contributed by atoms with Gasteiger partial charge in [-0.1, -0.05) is 26.7 Å². The van der Waals surface area contributed by atoms with Gasteiger partial charge in [0.2, 0.25) is 0 Å². The maximum absolute atomic E-state index is 11.4. The summed E-state index contributed by atoms with van der Waals surface area (Å²) >= 11 is 0. The van der Waals surface area contributed by atoms with Crippen LogP contribution in [0.3, 0.4) is 0 Å². The average molecular weight is 240 g/mol. The summed E-state index contributed by atoms with van der Waals surface area (Å²) in [6.45, 7) is 4.00. The molecule has 3 nitrogen and oxygen atoms in total.